The minimum Gasteiger partial charge on any atom is -0.454 e. The molecule has 9 heteroatoms. The number of pyridine rings is 1. The van der Waals surface area contributed by atoms with E-state index in [1.165, 1.54) is 6.07 Å². The summed E-state index contributed by atoms with van der Waals surface area (Å²) in [7, 11) is 0. The van der Waals surface area contributed by atoms with Gasteiger partial charge in [0.1, 0.15) is 11.5 Å². The molecule has 0 fully saturated rings. The van der Waals surface area contributed by atoms with Crippen LogP contribution in [-0.4, -0.2) is 23.2 Å². The topological polar surface area (TPSA) is 113 Å². The largest absolute Gasteiger partial charge is 0.454 e. The van der Waals surface area contributed by atoms with E-state index < -0.39 is 17.4 Å². The zero-order valence-electron chi connectivity index (χ0n) is 11.4. The molecule has 0 radical (unpaired) electrons. The second kappa shape index (κ2) is 4.50. The van der Waals surface area contributed by atoms with Gasteiger partial charge in [0.05, 0.1) is 16.1 Å². The Morgan fingerprint density at radius 3 is 2.74 bits per heavy atom. The summed E-state index contributed by atoms with van der Waals surface area (Å²) < 4.78 is 11.6. The molecular weight excluding hydrogens is 326 g/mol. The number of nitrogens with two attached hydrogens (primary N) is 1. The van der Waals surface area contributed by atoms with E-state index in [1.54, 1.807) is 6.07 Å². The van der Waals surface area contributed by atoms with E-state index in [-0.39, 0.29) is 40.2 Å². The fourth-order valence-corrected chi connectivity index (χ4v) is 2.89. The molecule has 116 valence electrons. The van der Waals surface area contributed by atoms with Crippen LogP contribution in [0.4, 0.5) is 5.82 Å². The van der Waals surface area contributed by atoms with Gasteiger partial charge in [0.25, 0.3) is 17.4 Å². The van der Waals surface area contributed by atoms with E-state index in [0.717, 1.165) is 10.6 Å². The second-order valence-corrected chi connectivity index (χ2v) is 5.31. The van der Waals surface area contributed by atoms with Crippen molar-refractivity contribution in [2.24, 2.45) is 0 Å². The van der Waals surface area contributed by atoms with Crippen LogP contribution < -0.4 is 26.1 Å². The van der Waals surface area contributed by atoms with Crippen molar-refractivity contribution in [3.8, 4) is 17.2 Å². The van der Waals surface area contributed by atoms with Crippen molar-refractivity contribution in [3.63, 3.8) is 0 Å². The number of rotatable bonds is 1. The molecule has 0 bridgehead atoms. The number of ether oxygens (including phenoxy) is 2. The molecule has 1 aromatic carbocycles. The number of nitrogen functional groups attached to an aromatic ring is 1. The number of imide groups is 1. The van der Waals surface area contributed by atoms with E-state index >= 15 is 0 Å². The lowest BCUT2D eigenvalue weighted by atomic mass is 10.1. The van der Waals surface area contributed by atoms with E-state index in [1.807, 2.05) is 0 Å². The Morgan fingerprint density at radius 1 is 1.17 bits per heavy atom. The van der Waals surface area contributed by atoms with Crippen LogP contribution in [0.5, 0.6) is 11.5 Å². The SMILES string of the molecule is Nc1c2c(cc(=O)n1-c1c(Cl)ccc3c1OCO3)C(=O)NC2=O. The van der Waals surface area contributed by atoms with Crippen molar-refractivity contribution in [2.75, 3.05) is 12.5 Å². The fourth-order valence-electron chi connectivity index (χ4n) is 2.65. The maximum Gasteiger partial charge on any atom is 0.262 e. The third-order valence-electron chi connectivity index (χ3n) is 3.64. The summed E-state index contributed by atoms with van der Waals surface area (Å²) in [5.74, 6) is -0.878. The summed E-state index contributed by atoms with van der Waals surface area (Å²) in [6, 6.07) is 4.16. The fraction of sp³-hybridized carbons (Fsp3) is 0.0714. The molecule has 0 saturated carbocycles. The van der Waals surface area contributed by atoms with Crippen molar-refractivity contribution in [3.05, 3.63) is 44.7 Å². The summed E-state index contributed by atoms with van der Waals surface area (Å²) in [5, 5.41) is 2.28. The zero-order chi connectivity index (χ0) is 16.3. The standard InChI is InChI=1S/C14H8ClN3O5/c15-6-1-2-7-11(23-4-22-7)10(6)18-8(19)3-5-9(12(18)16)14(21)17-13(5)20/h1-3H,4,16H2,(H,17,20,21). The van der Waals surface area contributed by atoms with Crippen LogP contribution in [0, 0.1) is 0 Å². The number of carbonyl (C=O) groups is 2. The lowest BCUT2D eigenvalue weighted by molar-refractivity contribution is 0.0880. The van der Waals surface area contributed by atoms with Crippen LogP contribution in [0.3, 0.4) is 0 Å². The number of aromatic nitrogens is 1. The molecule has 0 aliphatic carbocycles. The molecule has 2 aromatic rings. The van der Waals surface area contributed by atoms with E-state index in [0.29, 0.717) is 5.75 Å². The highest BCUT2D eigenvalue weighted by Crippen LogP contribution is 2.42. The molecule has 0 atom stereocenters. The molecule has 3 N–H and O–H groups in total. The van der Waals surface area contributed by atoms with Gasteiger partial charge in [-0.3, -0.25) is 24.3 Å². The first-order valence-corrected chi connectivity index (χ1v) is 6.86. The van der Waals surface area contributed by atoms with Gasteiger partial charge in [0.2, 0.25) is 6.79 Å². The summed E-state index contributed by atoms with van der Waals surface area (Å²) in [4.78, 5) is 36.0. The number of fused-ring (bicyclic) bond motifs is 2. The first-order chi connectivity index (χ1) is 11.0. The number of benzene rings is 1. The Balaban J connectivity index is 2.09. The lowest BCUT2D eigenvalue weighted by Crippen LogP contribution is -2.24. The molecule has 0 saturated heterocycles. The molecular formula is C14H8ClN3O5. The van der Waals surface area contributed by atoms with Crippen LogP contribution in [0.25, 0.3) is 5.69 Å². The van der Waals surface area contributed by atoms with E-state index in [2.05, 4.69) is 5.32 Å². The normalized spacial score (nSPS) is 14.8. The number of amides is 2. The predicted molar refractivity (Wildman–Crippen MR) is 79.4 cm³/mol. The van der Waals surface area contributed by atoms with Gasteiger partial charge in [-0.15, -0.1) is 0 Å². The molecule has 8 nitrogen and oxygen atoms in total. The Morgan fingerprint density at radius 2 is 1.96 bits per heavy atom. The number of halogens is 1. The number of hydrogen-bond donors (Lipinski definition) is 2. The molecule has 2 aliphatic heterocycles. The summed E-state index contributed by atoms with van der Waals surface area (Å²) in [6.45, 7) is -0.0265. The number of anilines is 1. The smallest absolute Gasteiger partial charge is 0.262 e. The Bertz CT molecular complexity index is 966. The number of nitrogens with one attached hydrogen (secondary N) is 1. The van der Waals surface area contributed by atoms with Crippen LogP contribution in [0.2, 0.25) is 5.02 Å². The first-order valence-electron chi connectivity index (χ1n) is 6.48. The maximum absolute atomic E-state index is 12.4. The molecule has 3 heterocycles. The second-order valence-electron chi connectivity index (χ2n) is 4.90. The van der Waals surface area contributed by atoms with Crippen molar-refractivity contribution >= 4 is 29.2 Å². The highest BCUT2D eigenvalue weighted by molar-refractivity contribution is 6.33. The molecule has 2 aliphatic rings. The molecule has 2 amide bonds. The van der Waals surface area contributed by atoms with Crippen LogP contribution in [0.15, 0.2) is 23.0 Å². The van der Waals surface area contributed by atoms with E-state index in [9.17, 15) is 14.4 Å². The quantitative estimate of drug-likeness (QED) is 0.742. The summed E-state index contributed by atoms with van der Waals surface area (Å²) >= 11 is 6.18. The minimum atomic E-state index is -0.669. The van der Waals surface area contributed by atoms with Crippen LogP contribution in [-0.2, 0) is 0 Å². The molecule has 0 unspecified atom stereocenters. The molecule has 23 heavy (non-hydrogen) atoms. The van der Waals surface area contributed by atoms with Crippen molar-refractivity contribution in [1.82, 2.24) is 9.88 Å². The van der Waals surface area contributed by atoms with Gasteiger partial charge >= 0.3 is 0 Å². The Labute approximate surface area is 133 Å². The first kappa shape index (κ1) is 13.6. The third kappa shape index (κ3) is 1.75. The van der Waals surface area contributed by atoms with Gasteiger partial charge in [-0.05, 0) is 12.1 Å². The third-order valence-corrected chi connectivity index (χ3v) is 3.95. The summed E-state index contributed by atoms with van der Waals surface area (Å²) in [6.07, 6.45) is 0. The Kier molecular flexibility index (Phi) is 2.67. The monoisotopic (exact) mass is 333 g/mol. The molecule has 4 rings (SSSR count). The molecule has 0 spiro atoms. The maximum atomic E-state index is 12.4. The minimum absolute atomic E-state index is 0.0265. The Hall–Kier alpha value is -3.00. The van der Waals surface area contributed by atoms with Crippen molar-refractivity contribution in [1.29, 1.82) is 0 Å². The van der Waals surface area contributed by atoms with Crippen molar-refractivity contribution in [2.45, 2.75) is 0 Å². The van der Waals surface area contributed by atoms with Crippen molar-refractivity contribution < 1.29 is 19.1 Å². The number of hydrogen-bond acceptors (Lipinski definition) is 6. The van der Waals surface area contributed by atoms with Gasteiger partial charge in [-0.25, -0.2) is 0 Å². The number of carbonyl (C=O) groups excluding carboxylic acids is 2. The average Bonchev–Trinajstić information content (AvgIpc) is 3.06. The highest BCUT2D eigenvalue weighted by Gasteiger charge is 2.33. The highest BCUT2D eigenvalue weighted by atomic mass is 35.5. The lowest BCUT2D eigenvalue weighted by Gasteiger charge is -2.15. The van der Waals surface area contributed by atoms with Gasteiger partial charge in [-0.1, -0.05) is 11.6 Å². The van der Waals surface area contributed by atoms with Gasteiger partial charge in [0.15, 0.2) is 11.5 Å². The number of nitrogens with zero attached hydrogens (tertiary/aromatic N) is 1. The van der Waals surface area contributed by atoms with E-state index in [4.69, 9.17) is 26.8 Å². The predicted octanol–water partition coefficient (Wildman–Crippen LogP) is 0.685. The average molecular weight is 334 g/mol. The zero-order valence-corrected chi connectivity index (χ0v) is 12.1. The van der Waals surface area contributed by atoms with Gasteiger partial charge in [-0.2, -0.15) is 0 Å². The van der Waals surface area contributed by atoms with Crippen LogP contribution >= 0.6 is 11.6 Å². The molecule has 1 aromatic heterocycles. The van der Waals surface area contributed by atoms with Crippen LogP contribution in [0.1, 0.15) is 20.7 Å². The van der Waals surface area contributed by atoms with Gasteiger partial charge < -0.3 is 15.2 Å². The summed E-state index contributed by atoms with van der Waals surface area (Å²) in [5.41, 5.74) is 5.40. The van der Waals surface area contributed by atoms with Gasteiger partial charge in [0, 0.05) is 6.07 Å².